The lowest BCUT2D eigenvalue weighted by Gasteiger charge is -2.49. The summed E-state index contributed by atoms with van der Waals surface area (Å²) in [7, 11) is 0. The number of rotatable bonds is 4. The van der Waals surface area contributed by atoms with Crippen molar-refractivity contribution in [2.24, 2.45) is 5.92 Å². The summed E-state index contributed by atoms with van der Waals surface area (Å²) in [5.41, 5.74) is 0. The third kappa shape index (κ3) is 3.46. The van der Waals surface area contributed by atoms with Gasteiger partial charge in [-0.2, -0.15) is 0 Å². The van der Waals surface area contributed by atoms with Crippen LogP contribution < -0.4 is 5.32 Å². The Morgan fingerprint density at radius 3 is 2.76 bits per heavy atom. The molecule has 0 aromatic rings. The van der Waals surface area contributed by atoms with Crippen LogP contribution in [0.5, 0.6) is 0 Å². The molecule has 3 fully saturated rings. The van der Waals surface area contributed by atoms with Crippen molar-refractivity contribution in [1.29, 1.82) is 0 Å². The highest BCUT2D eigenvalue weighted by Crippen LogP contribution is 2.32. The molecule has 0 amide bonds. The van der Waals surface area contributed by atoms with Crippen LogP contribution in [0.25, 0.3) is 0 Å². The number of piperazine rings is 1. The van der Waals surface area contributed by atoms with Gasteiger partial charge in [-0.25, -0.2) is 0 Å². The van der Waals surface area contributed by atoms with Crippen LogP contribution in [-0.4, -0.2) is 60.1 Å². The molecule has 21 heavy (non-hydrogen) atoms. The third-order valence-electron chi connectivity index (χ3n) is 6.14. The Morgan fingerprint density at radius 2 is 2.00 bits per heavy atom. The fourth-order valence-electron chi connectivity index (χ4n) is 4.94. The molecule has 0 aromatic carbocycles. The van der Waals surface area contributed by atoms with Gasteiger partial charge in [0.05, 0.1) is 0 Å². The van der Waals surface area contributed by atoms with Crippen LogP contribution in [0, 0.1) is 5.92 Å². The summed E-state index contributed by atoms with van der Waals surface area (Å²) in [4.78, 5) is 5.67. The van der Waals surface area contributed by atoms with Crippen LogP contribution >= 0.6 is 0 Å². The predicted octanol–water partition coefficient (Wildman–Crippen LogP) is 2.71. The van der Waals surface area contributed by atoms with E-state index in [1.54, 1.807) is 0 Å². The molecule has 0 aliphatic carbocycles. The van der Waals surface area contributed by atoms with E-state index in [2.05, 4.69) is 35.9 Å². The highest BCUT2D eigenvalue weighted by Gasteiger charge is 2.39. The van der Waals surface area contributed by atoms with Crippen molar-refractivity contribution in [3.8, 4) is 0 Å². The number of hydrogen-bond acceptors (Lipinski definition) is 3. The average molecular weight is 293 g/mol. The van der Waals surface area contributed by atoms with Gasteiger partial charge in [0.15, 0.2) is 0 Å². The van der Waals surface area contributed by atoms with Gasteiger partial charge >= 0.3 is 0 Å². The quantitative estimate of drug-likeness (QED) is 0.860. The van der Waals surface area contributed by atoms with E-state index in [4.69, 9.17) is 0 Å². The SMILES string of the molecule is CCCC1CN(C2CCN3CCCC3C2)C(C(C)C)CN1. The fourth-order valence-corrected chi connectivity index (χ4v) is 4.94. The van der Waals surface area contributed by atoms with Gasteiger partial charge in [-0.15, -0.1) is 0 Å². The van der Waals surface area contributed by atoms with Gasteiger partial charge in [-0.3, -0.25) is 4.90 Å². The van der Waals surface area contributed by atoms with Crippen molar-refractivity contribution in [1.82, 2.24) is 15.1 Å². The van der Waals surface area contributed by atoms with E-state index in [1.807, 2.05) is 0 Å². The topological polar surface area (TPSA) is 18.5 Å². The highest BCUT2D eigenvalue weighted by molar-refractivity contribution is 4.96. The molecule has 3 heteroatoms. The maximum Gasteiger partial charge on any atom is 0.0247 e. The molecule has 0 bridgehead atoms. The number of piperidine rings is 1. The molecule has 0 radical (unpaired) electrons. The van der Waals surface area contributed by atoms with E-state index >= 15 is 0 Å². The summed E-state index contributed by atoms with van der Waals surface area (Å²) in [5.74, 6) is 0.765. The number of fused-ring (bicyclic) bond motifs is 1. The van der Waals surface area contributed by atoms with Crippen molar-refractivity contribution in [2.45, 2.75) is 83.5 Å². The summed E-state index contributed by atoms with van der Waals surface area (Å²) in [5, 5.41) is 3.81. The van der Waals surface area contributed by atoms with Gasteiger partial charge in [0, 0.05) is 37.3 Å². The van der Waals surface area contributed by atoms with E-state index in [0.717, 1.165) is 30.1 Å². The second kappa shape index (κ2) is 6.97. The van der Waals surface area contributed by atoms with Crippen molar-refractivity contribution in [2.75, 3.05) is 26.2 Å². The first-order valence-corrected chi connectivity index (χ1v) is 9.42. The van der Waals surface area contributed by atoms with E-state index in [-0.39, 0.29) is 0 Å². The Morgan fingerprint density at radius 1 is 1.14 bits per heavy atom. The number of nitrogens with zero attached hydrogens (tertiary/aromatic N) is 2. The molecule has 3 saturated heterocycles. The summed E-state index contributed by atoms with van der Waals surface area (Å²) < 4.78 is 0. The Kier molecular flexibility index (Phi) is 5.23. The zero-order chi connectivity index (χ0) is 14.8. The van der Waals surface area contributed by atoms with Crippen molar-refractivity contribution < 1.29 is 0 Å². The van der Waals surface area contributed by atoms with E-state index in [0.29, 0.717) is 0 Å². The Bertz CT molecular complexity index is 330. The van der Waals surface area contributed by atoms with Gasteiger partial charge in [0.25, 0.3) is 0 Å². The van der Waals surface area contributed by atoms with Crippen molar-refractivity contribution in [3.05, 3.63) is 0 Å². The van der Waals surface area contributed by atoms with Crippen LogP contribution in [0.1, 0.15) is 59.3 Å². The molecule has 3 heterocycles. The largest absolute Gasteiger partial charge is 0.311 e. The first kappa shape index (κ1) is 15.8. The van der Waals surface area contributed by atoms with Crippen LogP contribution in [0.15, 0.2) is 0 Å². The lowest BCUT2D eigenvalue weighted by atomic mass is 9.89. The van der Waals surface area contributed by atoms with Gasteiger partial charge < -0.3 is 10.2 Å². The molecule has 3 nitrogen and oxygen atoms in total. The maximum absolute atomic E-state index is 3.81. The van der Waals surface area contributed by atoms with Crippen LogP contribution in [0.3, 0.4) is 0 Å². The number of nitrogens with one attached hydrogen (secondary N) is 1. The van der Waals surface area contributed by atoms with Crippen molar-refractivity contribution >= 4 is 0 Å². The standard InChI is InChI=1S/C18H35N3/c1-4-6-15-13-21(18(12-19-15)14(2)3)17-8-10-20-9-5-7-16(20)11-17/h14-19H,4-13H2,1-3H3. The molecule has 3 rings (SSSR count). The summed E-state index contributed by atoms with van der Waals surface area (Å²) in [6.45, 7) is 12.3. The monoisotopic (exact) mass is 293 g/mol. The Hall–Kier alpha value is -0.120. The van der Waals surface area contributed by atoms with Crippen LogP contribution in [0.2, 0.25) is 0 Å². The van der Waals surface area contributed by atoms with E-state index in [1.165, 1.54) is 64.7 Å². The molecular formula is C18H35N3. The molecule has 122 valence electrons. The molecule has 0 saturated carbocycles. The summed E-state index contributed by atoms with van der Waals surface area (Å²) in [6, 6.07) is 3.22. The lowest BCUT2D eigenvalue weighted by Crippen LogP contribution is -2.62. The van der Waals surface area contributed by atoms with Gasteiger partial charge in [0.2, 0.25) is 0 Å². The summed E-state index contributed by atoms with van der Waals surface area (Å²) >= 11 is 0. The molecular weight excluding hydrogens is 258 g/mol. The molecule has 3 aliphatic heterocycles. The second-order valence-corrected chi connectivity index (χ2v) is 7.91. The maximum atomic E-state index is 3.81. The van der Waals surface area contributed by atoms with E-state index in [9.17, 15) is 0 Å². The highest BCUT2D eigenvalue weighted by atomic mass is 15.3. The molecule has 0 spiro atoms. The third-order valence-corrected chi connectivity index (χ3v) is 6.14. The molecule has 4 atom stereocenters. The summed E-state index contributed by atoms with van der Waals surface area (Å²) in [6.07, 6.45) is 8.36. The lowest BCUT2D eigenvalue weighted by molar-refractivity contribution is 0.0130. The minimum Gasteiger partial charge on any atom is -0.311 e. The second-order valence-electron chi connectivity index (χ2n) is 7.91. The van der Waals surface area contributed by atoms with Crippen LogP contribution in [-0.2, 0) is 0 Å². The van der Waals surface area contributed by atoms with E-state index < -0.39 is 0 Å². The minimum absolute atomic E-state index is 0.728. The first-order valence-electron chi connectivity index (χ1n) is 9.42. The Labute approximate surface area is 131 Å². The zero-order valence-electron chi connectivity index (χ0n) is 14.4. The van der Waals surface area contributed by atoms with Crippen molar-refractivity contribution in [3.63, 3.8) is 0 Å². The molecule has 0 aromatic heterocycles. The first-order chi connectivity index (χ1) is 10.2. The molecule has 1 N–H and O–H groups in total. The number of hydrogen-bond donors (Lipinski definition) is 1. The molecule has 4 unspecified atom stereocenters. The Balaban J connectivity index is 1.66. The minimum atomic E-state index is 0.728. The average Bonchev–Trinajstić information content (AvgIpc) is 2.94. The van der Waals surface area contributed by atoms with Gasteiger partial charge in [-0.1, -0.05) is 27.2 Å². The van der Waals surface area contributed by atoms with Gasteiger partial charge in [0.1, 0.15) is 0 Å². The van der Waals surface area contributed by atoms with Gasteiger partial charge in [-0.05, 0) is 51.1 Å². The predicted molar refractivity (Wildman–Crippen MR) is 89.6 cm³/mol. The normalized spacial score (nSPS) is 38.9. The smallest absolute Gasteiger partial charge is 0.0247 e. The molecule has 3 aliphatic rings. The van der Waals surface area contributed by atoms with Crippen LogP contribution in [0.4, 0.5) is 0 Å². The zero-order valence-corrected chi connectivity index (χ0v) is 14.4. The fraction of sp³-hybridized carbons (Fsp3) is 1.00.